The normalized spacial score (nSPS) is 15.0. The molecule has 0 spiro atoms. The molecule has 1 aromatic heterocycles. The van der Waals surface area contributed by atoms with Crippen molar-refractivity contribution in [2.45, 2.75) is 18.2 Å². The zero-order valence-corrected chi connectivity index (χ0v) is 18.6. The van der Waals surface area contributed by atoms with Crippen LogP contribution in [0.2, 0.25) is 0 Å². The molecule has 3 aromatic rings. The molecule has 162 valence electrons. The van der Waals surface area contributed by atoms with Crippen LogP contribution in [0.5, 0.6) is 0 Å². The Hall–Kier alpha value is -2.66. The molecular formula is C21H22N4O4S2. The fourth-order valence-electron chi connectivity index (χ4n) is 3.26. The van der Waals surface area contributed by atoms with Gasteiger partial charge in [0.2, 0.25) is 15.2 Å². The van der Waals surface area contributed by atoms with Gasteiger partial charge in [-0.2, -0.15) is 4.31 Å². The molecule has 1 aliphatic rings. The molecule has 10 heteroatoms. The predicted octanol–water partition coefficient (Wildman–Crippen LogP) is 2.71. The Bertz CT molecular complexity index is 1170. The second-order valence-corrected chi connectivity index (χ2v) is 10.1. The van der Waals surface area contributed by atoms with E-state index in [1.807, 2.05) is 30.3 Å². The molecule has 8 nitrogen and oxygen atoms in total. The summed E-state index contributed by atoms with van der Waals surface area (Å²) in [5, 5.41) is 12.0. The molecule has 2 heterocycles. The van der Waals surface area contributed by atoms with Gasteiger partial charge in [-0.3, -0.25) is 10.1 Å². The van der Waals surface area contributed by atoms with Crippen molar-refractivity contribution < 1.29 is 17.9 Å². The molecule has 0 radical (unpaired) electrons. The highest BCUT2D eigenvalue weighted by atomic mass is 32.2. The number of ether oxygens (including phenoxy) is 1. The van der Waals surface area contributed by atoms with Gasteiger partial charge in [0, 0.05) is 25.1 Å². The highest BCUT2D eigenvalue weighted by Crippen LogP contribution is 2.24. The molecule has 0 atom stereocenters. The van der Waals surface area contributed by atoms with Crippen molar-refractivity contribution >= 4 is 32.4 Å². The molecule has 2 aromatic carbocycles. The maximum Gasteiger partial charge on any atom is 0.257 e. The SMILES string of the molecule is Cc1ccc(C(=O)Nc2nnc(Cc3ccccc3)s2)cc1S(=O)(=O)N1CCOCC1. The van der Waals surface area contributed by atoms with Gasteiger partial charge in [0.15, 0.2) is 0 Å². The zero-order valence-electron chi connectivity index (χ0n) is 16.9. The Kier molecular flexibility index (Phi) is 6.42. The van der Waals surface area contributed by atoms with E-state index in [4.69, 9.17) is 4.74 Å². The number of sulfonamides is 1. The number of morpholine rings is 1. The van der Waals surface area contributed by atoms with Crippen LogP contribution in [-0.4, -0.2) is 55.1 Å². The summed E-state index contributed by atoms with van der Waals surface area (Å²) in [5.74, 6) is -0.430. The van der Waals surface area contributed by atoms with E-state index in [2.05, 4.69) is 15.5 Å². The Labute approximate surface area is 184 Å². The molecule has 0 unspecified atom stereocenters. The minimum Gasteiger partial charge on any atom is -0.379 e. The molecule has 1 saturated heterocycles. The second kappa shape index (κ2) is 9.23. The molecule has 1 fully saturated rings. The van der Waals surface area contributed by atoms with Crippen LogP contribution in [0.4, 0.5) is 5.13 Å². The molecular weight excluding hydrogens is 436 g/mol. The lowest BCUT2D eigenvalue weighted by Crippen LogP contribution is -2.40. The number of carbonyl (C=O) groups excluding carboxylic acids is 1. The monoisotopic (exact) mass is 458 g/mol. The van der Waals surface area contributed by atoms with E-state index in [1.54, 1.807) is 19.1 Å². The average Bonchev–Trinajstić information content (AvgIpc) is 3.21. The van der Waals surface area contributed by atoms with E-state index in [0.717, 1.165) is 10.6 Å². The summed E-state index contributed by atoms with van der Waals surface area (Å²) in [6, 6.07) is 14.5. The molecule has 4 rings (SSSR count). The number of benzene rings is 2. The van der Waals surface area contributed by atoms with Gasteiger partial charge in [-0.25, -0.2) is 8.42 Å². The van der Waals surface area contributed by atoms with Gasteiger partial charge >= 0.3 is 0 Å². The van der Waals surface area contributed by atoms with Crippen molar-refractivity contribution in [3.8, 4) is 0 Å². The highest BCUT2D eigenvalue weighted by molar-refractivity contribution is 7.89. The van der Waals surface area contributed by atoms with E-state index >= 15 is 0 Å². The van der Waals surface area contributed by atoms with Crippen molar-refractivity contribution in [1.82, 2.24) is 14.5 Å². The Morgan fingerprint density at radius 1 is 1.13 bits per heavy atom. The van der Waals surface area contributed by atoms with Crippen LogP contribution in [0, 0.1) is 6.92 Å². The van der Waals surface area contributed by atoms with E-state index < -0.39 is 15.9 Å². The first-order chi connectivity index (χ1) is 14.9. The van der Waals surface area contributed by atoms with Crippen LogP contribution in [-0.2, 0) is 21.2 Å². The number of nitrogens with zero attached hydrogens (tertiary/aromatic N) is 3. The lowest BCUT2D eigenvalue weighted by Gasteiger charge is -2.26. The van der Waals surface area contributed by atoms with Gasteiger partial charge in [-0.15, -0.1) is 10.2 Å². The molecule has 1 aliphatic heterocycles. The van der Waals surface area contributed by atoms with Gasteiger partial charge in [-0.1, -0.05) is 47.7 Å². The van der Waals surface area contributed by atoms with Gasteiger partial charge in [-0.05, 0) is 30.2 Å². The van der Waals surface area contributed by atoms with Crippen LogP contribution in [0.15, 0.2) is 53.4 Å². The number of anilines is 1. The van der Waals surface area contributed by atoms with Gasteiger partial charge in [0.1, 0.15) is 5.01 Å². The van der Waals surface area contributed by atoms with E-state index in [0.29, 0.717) is 43.4 Å². The summed E-state index contributed by atoms with van der Waals surface area (Å²) in [7, 11) is -3.70. The molecule has 1 amide bonds. The number of aromatic nitrogens is 2. The van der Waals surface area contributed by atoms with Crippen molar-refractivity contribution in [2.24, 2.45) is 0 Å². The topological polar surface area (TPSA) is 101 Å². The fraction of sp³-hybridized carbons (Fsp3) is 0.286. The summed E-state index contributed by atoms with van der Waals surface area (Å²) in [6.45, 7) is 3.04. The Balaban J connectivity index is 1.50. The predicted molar refractivity (Wildman–Crippen MR) is 118 cm³/mol. The molecule has 0 bridgehead atoms. The number of hydrogen-bond donors (Lipinski definition) is 1. The quantitative estimate of drug-likeness (QED) is 0.609. The summed E-state index contributed by atoms with van der Waals surface area (Å²) in [5.41, 5.74) is 1.94. The number of rotatable bonds is 6. The first-order valence-electron chi connectivity index (χ1n) is 9.80. The smallest absolute Gasteiger partial charge is 0.257 e. The highest BCUT2D eigenvalue weighted by Gasteiger charge is 2.28. The van der Waals surface area contributed by atoms with Crippen molar-refractivity contribution in [1.29, 1.82) is 0 Å². The van der Waals surface area contributed by atoms with Crippen molar-refractivity contribution in [2.75, 3.05) is 31.6 Å². The van der Waals surface area contributed by atoms with E-state index in [-0.39, 0.29) is 10.5 Å². The van der Waals surface area contributed by atoms with Gasteiger partial charge in [0.25, 0.3) is 5.91 Å². The Morgan fingerprint density at radius 3 is 2.61 bits per heavy atom. The number of aryl methyl sites for hydroxylation is 1. The maximum atomic E-state index is 13.0. The molecule has 1 N–H and O–H groups in total. The summed E-state index contributed by atoms with van der Waals surface area (Å²) >= 11 is 1.29. The first-order valence-corrected chi connectivity index (χ1v) is 12.1. The average molecular weight is 459 g/mol. The number of nitrogens with one attached hydrogen (secondary N) is 1. The number of hydrogen-bond acceptors (Lipinski definition) is 7. The van der Waals surface area contributed by atoms with E-state index in [1.165, 1.54) is 21.7 Å². The van der Waals surface area contributed by atoms with Crippen LogP contribution < -0.4 is 5.32 Å². The minimum atomic E-state index is -3.70. The third-order valence-corrected chi connectivity index (χ3v) is 7.80. The van der Waals surface area contributed by atoms with Crippen LogP contribution in [0.3, 0.4) is 0 Å². The summed E-state index contributed by atoms with van der Waals surface area (Å²) in [4.78, 5) is 12.9. The van der Waals surface area contributed by atoms with Crippen LogP contribution >= 0.6 is 11.3 Å². The molecule has 0 aliphatic carbocycles. The minimum absolute atomic E-state index is 0.129. The third-order valence-electron chi connectivity index (χ3n) is 4.92. The lowest BCUT2D eigenvalue weighted by atomic mass is 10.1. The molecule has 31 heavy (non-hydrogen) atoms. The third kappa shape index (κ3) is 4.99. The fourth-order valence-corrected chi connectivity index (χ4v) is 5.69. The van der Waals surface area contributed by atoms with Crippen molar-refractivity contribution in [3.05, 3.63) is 70.2 Å². The first kappa shape index (κ1) is 21.6. The second-order valence-electron chi connectivity index (χ2n) is 7.11. The lowest BCUT2D eigenvalue weighted by molar-refractivity contribution is 0.0730. The Morgan fingerprint density at radius 2 is 1.87 bits per heavy atom. The van der Waals surface area contributed by atoms with Crippen molar-refractivity contribution in [3.63, 3.8) is 0 Å². The van der Waals surface area contributed by atoms with Gasteiger partial charge in [0.05, 0.1) is 18.1 Å². The van der Waals surface area contributed by atoms with Crippen LogP contribution in [0.1, 0.15) is 26.5 Å². The standard InChI is InChI=1S/C21H22N4O4S2/c1-15-7-8-17(14-18(15)31(27,28)25-9-11-29-12-10-25)20(26)22-21-24-23-19(30-21)13-16-5-3-2-4-6-16/h2-8,14H,9-13H2,1H3,(H,22,24,26). The number of amides is 1. The summed E-state index contributed by atoms with van der Waals surface area (Å²) in [6.07, 6.45) is 0.626. The largest absolute Gasteiger partial charge is 0.379 e. The zero-order chi connectivity index (χ0) is 21.8. The maximum absolute atomic E-state index is 13.0. The number of carbonyl (C=O) groups is 1. The molecule has 0 saturated carbocycles. The van der Waals surface area contributed by atoms with Crippen LogP contribution in [0.25, 0.3) is 0 Å². The van der Waals surface area contributed by atoms with Gasteiger partial charge < -0.3 is 4.74 Å². The van der Waals surface area contributed by atoms with E-state index in [9.17, 15) is 13.2 Å². The summed E-state index contributed by atoms with van der Waals surface area (Å²) < 4.78 is 32.7.